The second-order valence-corrected chi connectivity index (χ2v) is 6.13. The fourth-order valence-corrected chi connectivity index (χ4v) is 2.07. The van der Waals surface area contributed by atoms with Crippen LogP contribution in [0.5, 0.6) is 0 Å². The lowest BCUT2D eigenvalue weighted by atomic mass is 10.1. The molecule has 0 aliphatic heterocycles. The van der Waals surface area contributed by atoms with E-state index in [4.69, 9.17) is 9.84 Å². The number of alkyl halides is 1. The summed E-state index contributed by atoms with van der Waals surface area (Å²) in [5.74, 6) is -2.99. The third-order valence-corrected chi connectivity index (χ3v) is 3.16. The Balaban J connectivity index is 2.75. The maximum Gasteiger partial charge on any atom is 0.331 e. The van der Waals surface area contributed by atoms with E-state index in [2.05, 4.69) is 0 Å². The zero-order valence-electron chi connectivity index (χ0n) is 11.3. The highest BCUT2D eigenvalue weighted by molar-refractivity contribution is 5.84. The predicted octanol–water partition coefficient (Wildman–Crippen LogP) is 2.33. The molecule has 18 heavy (non-hydrogen) atoms. The van der Waals surface area contributed by atoms with Gasteiger partial charge in [-0.25, -0.2) is 9.18 Å². The summed E-state index contributed by atoms with van der Waals surface area (Å²) in [6.07, 6.45) is 1.97. The molecule has 4 nitrogen and oxygen atoms in total. The molecule has 0 radical (unpaired) electrons. The maximum absolute atomic E-state index is 14.3. The molecule has 1 fully saturated rings. The molecule has 0 heterocycles. The molecule has 1 aliphatic rings. The van der Waals surface area contributed by atoms with Crippen LogP contribution in [0, 0.1) is 11.3 Å². The zero-order chi connectivity index (χ0) is 14.4. The third-order valence-electron chi connectivity index (χ3n) is 3.16. The summed E-state index contributed by atoms with van der Waals surface area (Å²) in [5, 5.41) is 8.89. The molecule has 0 aromatic heterocycles. The van der Waals surface area contributed by atoms with Crippen LogP contribution in [0.4, 0.5) is 4.39 Å². The molecule has 0 aromatic rings. The predicted molar refractivity (Wildman–Crippen MR) is 63.7 cm³/mol. The third kappa shape index (κ3) is 2.54. The molecule has 1 unspecified atom stereocenters. The Morgan fingerprint density at radius 1 is 1.33 bits per heavy atom. The molecule has 1 N–H and O–H groups in total. The molecule has 102 valence electrons. The molecule has 1 aliphatic carbocycles. The fraction of sp³-hybridized carbons (Fsp3) is 0.692. The van der Waals surface area contributed by atoms with Crippen LogP contribution in [0.1, 0.15) is 34.6 Å². The normalized spacial score (nSPS) is 30.2. The smallest absolute Gasteiger partial charge is 0.331 e. The van der Waals surface area contributed by atoms with Crippen molar-refractivity contribution >= 4 is 11.9 Å². The van der Waals surface area contributed by atoms with Gasteiger partial charge in [-0.05, 0) is 26.8 Å². The lowest BCUT2D eigenvalue weighted by Crippen LogP contribution is -2.23. The standard InChI is InChI=1S/C13H19FO4/c1-11(2,3)18-8(15)6-7-13(14)9(10(16)17)12(13,4)5/h6-7,9H,1-5H3,(H,16,17)/b7-6+/t9-,13?/m0/s1. The number of hydrogen-bond donors (Lipinski definition) is 1. The minimum Gasteiger partial charge on any atom is -0.481 e. The van der Waals surface area contributed by atoms with E-state index in [0.717, 1.165) is 12.2 Å². The van der Waals surface area contributed by atoms with Gasteiger partial charge in [-0.3, -0.25) is 4.79 Å². The van der Waals surface area contributed by atoms with E-state index in [-0.39, 0.29) is 0 Å². The van der Waals surface area contributed by atoms with E-state index < -0.39 is 34.5 Å². The molecular formula is C13H19FO4. The van der Waals surface area contributed by atoms with E-state index in [9.17, 15) is 14.0 Å². The van der Waals surface area contributed by atoms with Crippen LogP contribution < -0.4 is 0 Å². The number of carbonyl (C=O) groups is 2. The van der Waals surface area contributed by atoms with E-state index in [0.29, 0.717) is 0 Å². The van der Waals surface area contributed by atoms with Gasteiger partial charge in [0.05, 0.1) is 0 Å². The molecule has 0 spiro atoms. The highest BCUT2D eigenvalue weighted by Gasteiger charge is 2.75. The van der Waals surface area contributed by atoms with Gasteiger partial charge in [-0.15, -0.1) is 0 Å². The lowest BCUT2D eigenvalue weighted by molar-refractivity contribution is -0.148. The first kappa shape index (κ1) is 14.7. The topological polar surface area (TPSA) is 63.6 Å². The molecule has 0 bridgehead atoms. The van der Waals surface area contributed by atoms with Gasteiger partial charge in [0.25, 0.3) is 0 Å². The number of allylic oxidation sites excluding steroid dienone is 1. The SMILES string of the molecule is CC(C)(C)OC(=O)/C=C/C1(F)[C@@H](C(=O)O)C1(C)C. The Morgan fingerprint density at radius 3 is 2.17 bits per heavy atom. The van der Waals surface area contributed by atoms with Crippen molar-refractivity contribution in [3.05, 3.63) is 12.2 Å². The van der Waals surface area contributed by atoms with Gasteiger partial charge in [-0.1, -0.05) is 13.8 Å². The van der Waals surface area contributed by atoms with Crippen molar-refractivity contribution in [2.24, 2.45) is 11.3 Å². The van der Waals surface area contributed by atoms with Gasteiger partial charge in [0.2, 0.25) is 0 Å². The van der Waals surface area contributed by atoms with Crippen molar-refractivity contribution in [3.8, 4) is 0 Å². The summed E-state index contributed by atoms with van der Waals surface area (Å²) < 4.78 is 19.3. The monoisotopic (exact) mass is 258 g/mol. The number of esters is 1. The summed E-state index contributed by atoms with van der Waals surface area (Å²) >= 11 is 0. The van der Waals surface area contributed by atoms with Crippen LogP contribution in [0.15, 0.2) is 12.2 Å². The summed E-state index contributed by atoms with van der Waals surface area (Å²) in [6, 6.07) is 0. The molecule has 5 heteroatoms. The van der Waals surface area contributed by atoms with Gasteiger partial charge in [0.1, 0.15) is 17.2 Å². The quantitative estimate of drug-likeness (QED) is 0.623. The number of carboxylic acids is 1. The molecule has 1 rings (SSSR count). The van der Waals surface area contributed by atoms with Crippen molar-refractivity contribution in [3.63, 3.8) is 0 Å². The average Bonchev–Trinajstić information content (AvgIpc) is 2.55. The number of carboxylic acid groups (broad SMARTS) is 1. The van der Waals surface area contributed by atoms with Gasteiger partial charge >= 0.3 is 11.9 Å². The number of aliphatic carboxylic acids is 1. The molecule has 0 saturated heterocycles. The van der Waals surface area contributed by atoms with Crippen LogP contribution >= 0.6 is 0 Å². The molecular weight excluding hydrogens is 239 g/mol. The minimum atomic E-state index is -1.99. The first-order valence-corrected chi connectivity index (χ1v) is 5.76. The summed E-state index contributed by atoms with van der Waals surface area (Å²) in [4.78, 5) is 22.3. The lowest BCUT2D eigenvalue weighted by Gasteiger charge is -2.18. The first-order chi connectivity index (χ1) is 7.92. The Kier molecular flexibility index (Phi) is 3.32. The summed E-state index contributed by atoms with van der Waals surface area (Å²) in [5.41, 5.74) is -3.65. The number of carbonyl (C=O) groups excluding carboxylic acids is 1. The Labute approximate surface area is 106 Å². The Morgan fingerprint density at radius 2 is 1.83 bits per heavy atom. The number of hydrogen-bond acceptors (Lipinski definition) is 3. The molecule has 0 amide bonds. The van der Waals surface area contributed by atoms with Gasteiger partial charge < -0.3 is 9.84 Å². The van der Waals surface area contributed by atoms with Crippen molar-refractivity contribution in [1.82, 2.24) is 0 Å². The maximum atomic E-state index is 14.3. The van der Waals surface area contributed by atoms with Crippen molar-refractivity contribution in [1.29, 1.82) is 0 Å². The number of rotatable bonds is 3. The Bertz CT molecular complexity index is 406. The van der Waals surface area contributed by atoms with E-state index in [1.165, 1.54) is 13.8 Å². The van der Waals surface area contributed by atoms with Crippen molar-refractivity contribution in [2.45, 2.75) is 45.9 Å². The second-order valence-electron chi connectivity index (χ2n) is 6.13. The summed E-state index contributed by atoms with van der Waals surface area (Å²) in [7, 11) is 0. The molecule has 1 saturated carbocycles. The van der Waals surface area contributed by atoms with Gasteiger partial charge in [-0.2, -0.15) is 0 Å². The van der Waals surface area contributed by atoms with Crippen LogP contribution in [0.2, 0.25) is 0 Å². The molecule has 0 aromatic carbocycles. The van der Waals surface area contributed by atoms with Crippen molar-refractivity contribution in [2.75, 3.05) is 0 Å². The van der Waals surface area contributed by atoms with Crippen molar-refractivity contribution < 1.29 is 23.8 Å². The highest BCUT2D eigenvalue weighted by Crippen LogP contribution is 2.65. The largest absolute Gasteiger partial charge is 0.481 e. The number of ether oxygens (including phenoxy) is 1. The highest BCUT2D eigenvalue weighted by atomic mass is 19.1. The van der Waals surface area contributed by atoms with Crippen LogP contribution in [0.25, 0.3) is 0 Å². The first-order valence-electron chi connectivity index (χ1n) is 5.76. The van der Waals surface area contributed by atoms with E-state index in [1.807, 2.05) is 0 Å². The van der Waals surface area contributed by atoms with Gasteiger partial charge in [0, 0.05) is 11.5 Å². The van der Waals surface area contributed by atoms with Crippen LogP contribution in [-0.2, 0) is 14.3 Å². The van der Waals surface area contributed by atoms with Crippen LogP contribution in [-0.4, -0.2) is 28.3 Å². The van der Waals surface area contributed by atoms with E-state index in [1.54, 1.807) is 20.8 Å². The Hall–Kier alpha value is -1.39. The zero-order valence-corrected chi connectivity index (χ0v) is 11.3. The fourth-order valence-electron chi connectivity index (χ4n) is 2.07. The van der Waals surface area contributed by atoms with Crippen LogP contribution in [0.3, 0.4) is 0 Å². The average molecular weight is 258 g/mol. The number of halogens is 1. The van der Waals surface area contributed by atoms with Gasteiger partial charge in [0.15, 0.2) is 0 Å². The van der Waals surface area contributed by atoms with E-state index >= 15 is 0 Å². The summed E-state index contributed by atoms with van der Waals surface area (Å²) in [6.45, 7) is 8.14. The molecule has 2 atom stereocenters. The second kappa shape index (κ2) is 4.07. The minimum absolute atomic E-state index is 0.657.